The molecule has 158 valence electrons. The number of carbonyl (C=O) groups excluding carboxylic acids is 2. The van der Waals surface area contributed by atoms with E-state index in [9.17, 15) is 22.8 Å². The third-order valence-corrected chi connectivity index (χ3v) is 5.57. The summed E-state index contributed by atoms with van der Waals surface area (Å²) in [6.45, 7) is 4.95. The Labute approximate surface area is 179 Å². The highest BCUT2D eigenvalue weighted by Gasteiger charge is 2.48. The molecule has 0 amide bonds. The Hall–Kier alpha value is -2.60. The molecular weight excluding hydrogens is 465 g/mol. The van der Waals surface area contributed by atoms with Crippen molar-refractivity contribution in [3.05, 3.63) is 50.8 Å². The van der Waals surface area contributed by atoms with Crippen LogP contribution in [0.5, 0.6) is 0 Å². The van der Waals surface area contributed by atoms with Crippen LogP contribution >= 0.6 is 15.9 Å². The first-order valence-corrected chi connectivity index (χ1v) is 9.95. The zero-order valence-electron chi connectivity index (χ0n) is 16.5. The van der Waals surface area contributed by atoms with E-state index in [2.05, 4.69) is 15.9 Å². The van der Waals surface area contributed by atoms with Crippen LogP contribution in [-0.2, 0) is 17.3 Å². The lowest BCUT2D eigenvalue weighted by molar-refractivity contribution is -0.138. The molecule has 0 aliphatic heterocycles. The largest absolute Gasteiger partial charge is 0.461 e. The SMILES string of the molecule is CCOC(=O)c1c(C(F)(F)F)c2c(n1-c1ccc(C#N)c(Br)c1)CC(C)(C)CC2=O. The average molecular weight is 483 g/mol. The molecule has 1 aliphatic rings. The lowest BCUT2D eigenvalue weighted by Gasteiger charge is -2.30. The Balaban J connectivity index is 2.46. The average Bonchev–Trinajstić information content (AvgIpc) is 2.96. The molecule has 30 heavy (non-hydrogen) atoms. The van der Waals surface area contributed by atoms with Crippen LogP contribution in [0.25, 0.3) is 5.69 Å². The zero-order valence-corrected chi connectivity index (χ0v) is 18.1. The third-order valence-electron chi connectivity index (χ3n) is 4.92. The number of ketones is 1. The van der Waals surface area contributed by atoms with Gasteiger partial charge >= 0.3 is 12.1 Å². The van der Waals surface area contributed by atoms with Gasteiger partial charge in [0.15, 0.2) is 5.78 Å². The number of alkyl halides is 3. The smallest absolute Gasteiger partial charge is 0.419 e. The number of nitriles is 1. The molecule has 0 unspecified atom stereocenters. The standard InChI is InChI=1S/C21H18BrF3N2O3/c1-4-30-19(29)18-17(21(23,24)25)16-14(8-20(2,3)9-15(16)28)27(18)12-6-5-11(10-26)13(22)7-12/h5-7H,4,8-9H2,1-3H3. The molecule has 2 aromatic rings. The molecule has 1 aromatic carbocycles. The molecule has 0 radical (unpaired) electrons. The second kappa shape index (κ2) is 7.58. The Kier molecular flexibility index (Phi) is 5.58. The number of ether oxygens (including phenoxy) is 1. The maximum Gasteiger partial charge on any atom is 0.419 e. The zero-order chi connectivity index (χ0) is 22.4. The maximum atomic E-state index is 14.1. The van der Waals surface area contributed by atoms with Crippen LogP contribution < -0.4 is 0 Å². The molecule has 0 atom stereocenters. The number of rotatable bonds is 3. The lowest BCUT2D eigenvalue weighted by atomic mass is 9.75. The van der Waals surface area contributed by atoms with E-state index in [-0.39, 0.29) is 36.4 Å². The fraction of sp³-hybridized carbons (Fsp3) is 0.381. The van der Waals surface area contributed by atoms with E-state index >= 15 is 0 Å². The van der Waals surface area contributed by atoms with Crippen molar-refractivity contribution < 1.29 is 27.5 Å². The summed E-state index contributed by atoms with van der Waals surface area (Å²) in [5, 5.41) is 9.14. The summed E-state index contributed by atoms with van der Waals surface area (Å²) in [5.74, 6) is -1.82. The highest BCUT2D eigenvalue weighted by molar-refractivity contribution is 9.10. The predicted molar refractivity (Wildman–Crippen MR) is 106 cm³/mol. The number of hydrogen-bond acceptors (Lipinski definition) is 4. The van der Waals surface area contributed by atoms with Gasteiger partial charge in [0.2, 0.25) is 0 Å². The van der Waals surface area contributed by atoms with E-state index in [1.807, 2.05) is 6.07 Å². The predicted octanol–water partition coefficient (Wildman–Crippen LogP) is 5.46. The number of hydrogen-bond donors (Lipinski definition) is 0. The van der Waals surface area contributed by atoms with Crippen molar-refractivity contribution in [1.82, 2.24) is 4.57 Å². The summed E-state index contributed by atoms with van der Waals surface area (Å²) >= 11 is 3.23. The Morgan fingerprint density at radius 2 is 2.00 bits per heavy atom. The van der Waals surface area contributed by atoms with Gasteiger partial charge in [0, 0.05) is 22.3 Å². The quantitative estimate of drug-likeness (QED) is 0.544. The molecule has 1 aromatic heterocycles. The number of aromatic nitrogens is 1. The van der Waals surface area contributed by atoms with Crippen LogP contribution in [0.1, 0.15) is 64.9 Å². The minimum Gasteiger partial charge on any atom is -0.461 e. The van der Waals surface area contributed by atoms with Gasteiger partial charge in [0.1, 0.15) is 11.8 Å². The first-order chi connectivity index (χ1) is 13.9. The lowest BCUT2D eigenvalue weighted by Crippen LogP contribution is -2.29. The number of Topliss-reactive ketones (excluding diaryl/α,β-unsaturated/α-hetero) is 1. The van der Waals surface area contributed by atoms with E-state index in [0.717, 1.165) is 4.57 Å². The fourth-order valence-electron chi connectivity index (χ4n) is 3.82. The van der Waals surface area contributed by atoms with Crippen LogP contribution in [0, 0.1) is 16.7 Å². The molecule has 0 fully saturated rings. The van der Waals surface area contributed by atoms with Gasteiger partial charge in [-0.15, -0.1) is 0 Å². The van der Waals surface area contributed by atoms with E-state index < -0.39 is 40.2 Å². The van der Waals surface area contributed by atoms with Gasteiger partial charge in [-0.2, -0.15) is 18.4 Å². The van der Waals surface area contributed by atoms with Crippen molar-refractivity contribution in [2.75, 3.05) is 6.61 Å². The number of nitrogens with zero attached hydrogens (tertiary/aromatic N) is 2. The van der Waals surface area contributed by atoms with Crippen molar-refractivity contribution >= 4 is 27.7 Å². The topological polar surface area (TPSA) is 72.1 Å². The van der Waals surface area contributed by atoms with Crippen LogP contribution in [0.15, 0.2) is 22.7 Å². The number of fused-ring (bicyclic) bond motifs is 1. The highest BCUT2D eigenvalue weighted by atomic mass is 79.9. The third kappa shape index (κ3) is 3.76. The number of halogens is 4. The summed E-state index contributed by atoms with van der Waals surface area (Å²) in [4.78, 5) is 25.5. The molecule has 1 aliphatic carbocycles. The van der Waals surface area contributed by atoms with Gasteiger partial charge in [0.25, 0.3) is 0 Å². The van der Waals surface area contributed by atoms with Gasteiger partial charge in [-0.1, -0.05) is 13.8 Å². The first-order valence-electron chi connectivity index (χ1n) is 9.16. The molecule has 0 bridgehead atoms. The van der Waals surface area contributed by atoms with Gasteiger partial charge in [-0.05, 0) is 52.9 Å². The Morgan fingerprint density at radius 3 is 2.53 bits per heavy atom. The van der Waals surface area contributed by atoms with Crippen molar-refractivity contribution in [2.24, 2.45) is 5.41 Å². The molecule has 3 rings (SSSR count). The van der Waals surface area contributed by atoms with Crippen LogP contribution in [0.2, 0.25) is 0 Å². The normalized spacial score (nSPS) is 15.5. The van der Waals surface area contributed by atoms with E-state index in [1.165, 1.54) is 25.1 Å². The summed E-state index contributed by atoms with van der Waals surface area (Å²) in [7, 11) is 0. The molecule has 0 saturated carbocycles. The van der Waals surface area contributed by atoms with Crippen molar-refractivity contribution in [3.63, 3.8) is 0 Å². The van der Waals surface area contributed by atoms with Gasteiger partial charge in [-0.25, -0.2) is 4.79 Å². The molecule has 1 heterocycles. The van der Waals surface area contributed by atoms with Crippen LogP contribution in [0.4, 0.5) is 13.2 Å². The van der Waals surface area contributed by atoms with E-state index in [1.54, 1.807) is 13.8 Å². The Morgan fingerprint density at radius 1 is 1.33 bits per heavy atom. The minimum absolute atomic E-state index is 0.0631. The van der Waals surface area contributed by atoms with Gasteiger partial charge < -0.3 is 9.30 Å². The number of benzene rings is 1. The molecule has 0 saturated heterocycles. The number of carbonyl (C=O) groups is 2. The van der Waals surface area contributed by atoms with E-state index in [4.69, 9.17) is 10.00 Å². The van der Waals surface area contributed by atoms with Crippen LogP contribution in [0.3, 0.4) is 0 Å². The van der Waals surface area contributed by atoms with E-state index in [0.29, 0.717) is 4.47 Å². The summed E-state index contributed by atoms with van der Waals surface area (Å²) in [6.07, 6.45) is -4.83. The fourth-order valence-corrected chi connectivity index (χ4v) is 4.27. The highest BCUT2D eigenvalue weighted by Crippen LogP contribution is 2.46. The number of esters is 1. The Bertz CT molecular complexity index is 1090. The summed E-state index contributed by atoms with van der Waals surface area (Å²) < 4.78 is 48.8. The summed E-state index contributed by atoms with van der Waals surface area (Å²) in [6, 6.07) is 6.29. The minimum atomic E-state index is -4.93. The molecule has 9 heteroatoms. The molecular formula is C21H18BrF3N2O3. The maximum absolute atomic E-state index is 14.1. The van der Waals surface area contributed by atoms with Crippen LogP contribution in [-0.4, -0.2) is 22.9 Å². The van der Waals surface area contributed by atoms with Gasteiger partial charge in [-0.3, -0.25) is 4.79 Å². The molecule has 5 nitrogen and oxygen atoms in total. The first kappa shape index (κ1) is 22.1. The molecule has 0 spiro atoms. The second-order valence-electron chi connectivity index (χ2n) is 7.82. The molecule has 0 N–H and O–H groups in total. The van der Waals surface area contributed by atoms with Crippen molar-refractivity contribution in [2.45, 2.75) is 39.8 Å². The van der Waals surface area contributed by atoms with Crippen molar-refractivity contribution in [1.29, 1.82) is 5.26 Å². The van der Waals surface area contributed by atoms with Crippen molar-refractivity contribution in [3.8, 4) is 11.8 Å². The summed E-state index contributed by atoms with van der Waals surface area (Å²) in [5.41, 5.74) is -2.44. The second-order valence-corrected chi connectivity index (χ2v) is 8.67. The van der Waals surface area contributed by atoms with Gasteiger partial charge in [0.05, 0.1) is 23.3 Å². The monoisotopic (exact) mass is 482 g/mol.